The van der Waals surface area contributed by atoms with Gasteiger partial charge in [0.1, 0.15) is 11.2 Å². The number of esters is 1. The van der Waals surface area contributed by atoms with Gasteiger partial charge in [0.05, 0.1) is 16.9 Å². The Morgan fingerprint density at radius 3 is 2.59 bits per heavy atom. The predicted molar refractivity (Wildman–Crippen MR) is 109 cm³/mol. The molecular formula is C19H17ClN4O5. The van der Waals surface area contributed by atoms with Crippen molar-refractivity contribution in [1.82, 2.24) is 9.55 Å². The molecule has 0 fully saturated rings. The van der Waals surface area contributed by atoms with Crippen LogP contribution < -0.4 is 10.7 Å². The molecule has 0 saturated heterocycles. The number of pyridine rings is 2. The van der Waals surface area contributed by atoms with Crippen LogP contribution in [0.2, 0.25) is 5.02 Å². The molecule has 2 heterocycles. The van der Waals surface area contributed by atoms with Crippen molar-refractivity contribution in [3.63, 3.8) is 0 Å². The van der Waals surface area contributed by atoms with Crippen LogP contribution in [0.4, 0.5) is 17.2 Å². The third-order valence-corrected chi connectivity index (χ3v) is 4.42. The number of ether oxygens (including phenoxy) is 1. The van der Waals surface area contributed by atoms with Crippen molar-refractivity contribution in [3.8, 4) is 0 Å². The van der Waals surface area contributed by atoms with Gasteiger partial charge in [0.15, 0.2) is 0 Å². The second-order valence-corrected chi connectivity index (χ2v) is 6.43. The number of fused-ring (bicyclic) bond motifs is 1. The van der Waals surface area contributed by atoms with E-state index < -0.39 is 22.0 Å². The number of halogens is 1. The van der Waals surface area contributed by atoms with E-state index in [1.54, 1.807) is 42.7 Å². The molecule has 0 amide bonds. The molecule has 0 aliphatic rings. The average Bonchev–Trinajstić information content (AvgIpc) is 2.69. The minimum absolute atomic E-state index is 0.0321. The Balaban J connectivity index is 2.23. The highest BCUT2D eigenvalue weighted by molar-refractivity contribution is 6.30. The van der Waals surface area contributed by atoms with E-state index in [4.69, 9.17) is 16.3 Å². The van der Waals surface area contributed by atoms with Crippen LogP contribution in [-0.2, 0) is 11.3 Å². The maximum absolute atomic E-state index is 12.8. The Morgan fingerprint density at radius 1 is 1.31 bits per heavy atom. The van der Waals surface area contributed by atoms with Crippen molar-refractivity contribution in [2.45, 2.75) is 20.4 Å². The lowest BCUT2D eigenvalue weighted by Crippen LogP contribution is -2.21. The highest BCUT2D eigenvalue weighted by atomic mass is 35.5. The summed E-state index contributed by atoms with van der Waals surface area (Å²) in [4.78, 5) is 40.2. The number of rotatable bonds is 6. The molecule has 150 valence electrons. The van der Waals surface area contributed by atoms with Crippen LogP contribution in [0, 0.1) is 10.1 Å². The van der Waals surface area contributed by atoms with E-state index in [1.165, 1.54) is 6.20 Å². The van der Waals surface area contributed by atoms with Gasteiger partial charge in [-0.05, 0) is 38.1 Å². The Bertz CT molecular complexity index is 1160. The van der Waals surface area contributed by atoms with Crippen molar-refractivity contribution >= 4 is 45.8 Å². The van der Waals surface area contributed by atoms with Gasteiger partial charge in [-0.25, -0.2) is 9.78 Å². The Morgan fingerprint density at radius 2 is 2.00 bits per heavy atom. The Hall–Kier alpha value is -3.46. The van der Waals surface area contributed by atoms with Crippen molar-refractivity contribution in [3.05, 3.63) is 67.5 Å². The summed E-state index contributed by atoms with van der Waals surface area (Å²) >= 11 is 5.87. The summed E-state index contributed by atoms with van der Waals surface area (Å²) < 4.78 is 6.49. The van der Waals surface area contributed by atoms with Crippen LogP contribution in [-0.4, -0.2) is 27.1 Å². The number of nitro groups is 1. The second kappa shape index (κ2) is 8.27. The van der Waals surface area contributed by atoms with Gasteiger partial charge < -0.3 is 14.6 Å². The lowest BCUT2D eigenvalue weighted by atomic mass is 10.1. The maximum Gasteiger partial charge on any atom is 0.343 e. The van der Waals surface area contributed by atoms with Crippen LogP contribution in [0.15, 0.2) is 41.3 Å². The van der Waals surface area contributed by atoms with Crippen LogP contribution in [0.1, 0.15) is 24.2 Å². The quantitative estimate of drug-likeness (QED) is 0.368. The van der Waals surface area contributed by atoms with Gasteiger partial charge in [0.2, 0.25) is 11.2 Å². The summed E-state index contributed by atoms with van der Waals surface area (Å²) in [6.07, 6.45) is 1.35. The van der Waals surface area contributed by atoms with Gasteiger partial charge >= 0.3 is 11.7 Å². The summed E-state index contributed by atoms with van der Waals surface area (Å²) in [5.74, 6) is -0.817. The van der Waals surface area contributed by atoms with Crippen LogP contribution in [0.25, 0.3) is 11.0 Å². The number of hydrogen-bond acceptors (Lipinski definition) is 7. The normalized spacial score (nSPS) is 10.7. The predicted octanol–water partition coefficient (Wildman–Crippen LogP) is 3.90. The summed E-state index contributed by atoms with van der Waals surface area (Å²) in [6.45, 7) is 3.91. The fraction of sp³-hybridized carbons (Fsp3) is 0.211. The van der Waals surface area contributed by atoms with Crippen molar-refractivity contribution in [2.75, 3.05) is 11.9 Å². The minimum Gasteiger partial charge on any atom is -0.462 e. The van der Waals surface area contributed by atoms with Crippen molar-refractivity contribution in [2.24, 2.45) is 0 Å². The molecule has 0 spiro atoms. The van der Waals surface area contributed by atoms with Gasteiger partial charge in [0.25, 0.3) is 0 Å². The van der Waals surface area contributed by atoms with Crippen molar-refractivity contribution in [1.29, 1.82) is 0 Å². The van der Waals surface area contributed by atoms with Crippen LogP contribution in [0.3, 0.4) is 0 Å². The second-order valence-electron chi connectivity index (χ2n) is 5.99. The number of anilines is 2. The number of hydrogen-bond donors (Lipinski definition) is 1. The summed E-state index contributed by atoms with van der Waals surface area (Å²) in [6, 6.07) is 7.68. The van der Waals surface area contributed by atoms with E-state index in [1.807, 2.05) is 0 Å². The van der Waals surface area contributed by atoms with E-state index in [-0.39, 0.29) is 29.0 Å². The molecule has 1 N–H and O–H groups in total. The largest absolute Gasteiger partial charge is 0.462 e. The SMILES string of the molecule is CCOC(=O)c1cn(CC)c2nc(Nc3ccc(Cl)cc3)c([N+](=O)[O-])cc2c1=O. The van der Waals surface area contributed by atoms with Crippen molar-refractivity contribution < 1.29 is 14.5 Å². The maximum atomic E-state index is 12.8. The zero-order valence-corrected chi connectivity index (χ0v) is 16.4. The number of benzene rings is 1. The first-order chi connectivity index (χ1) is 13.8. The molecule has 1 aromatic carbocycles. The molecular weight excluding hydrogens is 400 g/mol. The highest BCUT2D eigenvalue weighted by Crippen LogP contribution is 2.29. The number of nitrogens with zero attached hydrogens (tertiary/aromatic N) is 3. The fourth-order valence-corrected chi connectivity index (χ4v) is 2.92. The molecule has 0 unspecified atom stereocenters. The molecule has 9 nitrogen and oxygen atoms in total. The monoisotopic (exact) mass is 416 g/mol. The molecule has 3 rings (SSSR count). The van der Waals surface area contributed by atoms with Crippen LogP contribution in [0.5, 0.6) is 0 Å². The molecule has 0 aliphatic heterocycles. The Kier molecular flexibility index (Phi) is 5.79. The van der Waals surface area contributed by atoms with Gasteiger partial charge in [-0.3, -0.25) is 14.9 Å². The summed E-state index contributed by atoms with van der Waals surface area (Å²) in [5, 5.41) is 15.0. The molecule has 0 atom stereocenters. The van der Waals surface area contributed by atoms with Gasteiger partial charge in [0, 0.05) is 29.5 Å². The lowest BCUT2D eigenvalue weighted by molar-refractivity contribution is -0.384. The molecule has 0 aliphatic carbocycles. The number of carbonyl (C=O) groups is 1. The zero-order valence-electron chi connectivity index (χ0n) is 15.6. The highest BCUT2D eigenvalue weighted by Gasteiger charge is 2.23. The standard InChI is InChI=1S/C19H17ClN4O5/c1-3-23-10-14(19(26)29-4-2)16(25)13-9-15(24(27)28)17(22-18(13)23)21-12-7-5-11(20)6-8-12/h5-10H,3-4H2,1-2H3,(H,21,22). The van der Waals surface area contributed by atoms with E-state index in [9.17, 15) is 19.7 Å². The van der Waals surface area contributed by atoms with Gasteiger partial charge in [-0.15, -0.1) is 0 Å². The fourth-order valence-electron chi connectivity index (χ4n) is 2.80. The average molecular weight is 417 g/mol. The Labute approximate surface area is 170 Å². The van der Waals surface area contributed by atoms with E-state index in [0.717, 1.165) is 6.07 Å². The first kappa shape index (κ1) is 20.3. The zero-order chi connectivity index (χ0) is 21.1. The molecule has 0 radical (unpaired) electrons. The van der Waals surface area contributed by atoms with E-state index in [2.05, 4.69) is 10.3 Å². The van der Waals surface area contributed by atoms with Crippen LogP contribution >= 0.6 is 11.6 Å². The van der Waals surface area contributed by atoms with E-state index >= 15 is 0 Å². The third kappa shape index (κ3) is 4.04. The number of aromatic nitrogens is 2. The summed E-state index contributed by atoms with van der Waals surface area (Å²) in [5.41, 5.74) is -0.508. The number of aryl methyl sites for hydroxylation is 1. The van der Waals surface area contributed by atoms with E-state index in [0.29, 0.717) is 17.3 Å². The lowest BCUT2D eigenvalue weighted by Gasteiger charge is -2.13. The number of carbonyl (C=O) groups excluding carboxylic acids is 1. The molecule has 29 heavy (non-hydrogen) atoms. The number of nitrogens with one attached hydrogen (secondary N) is 1. The smallest absolute Gasteiger partial charge is 0.343 e. The topological polar surface area (TPSA) is 116 Å². The first-order valence-corrected chi connectivity index (χ1v) is 9.15. The first-order valence-electron chi connectivity index (χ1n) is 8.78. The molecule has 2 aromatic heterocycles. The molecule has 10 heteroatoms. The van der Waals surface area contributed by atoms with Gasteiger partial charge in [-0.1, -0.05) is 11.6 Å². The minimum atomic E-state index is -0.785. The molecule has 0 bridgehead atoms. The molecule has 0 saturated carbocycles. The third-order valence-electron chi connectivity index (χ3n) is 4.17. The molecule has 3 aromatic rings. The van der Waals surface area contributed by atoms with Gasteiger partial charge in [-0.2, -0.15) is 0 Å². The summed E-state index contributed by atoms with van der Waals surface area (Å²) in [7, 11) is 0.